The number of rotatable bonds is 1. The molecule has 1 atom stereocenters. The van der Waals surface area contributed by atoms with Crippen LogP contribution in [0.15, 0.2) is 6.07 Å². The van der Waals surface area contributed by atoms with Crippen LogP contribution in [-0.2, 0) is 0 Å². The topological polar surface area (TPSA) is 29.0 Å². The molecule has 0 saturated carbocycles. The molecule has 1 aromatic rings. The van der Waals surface area contributed by atoms with Crippen LogP contribution in [0.3, 0.4) is 0 Å². The van der Waals surface area contributed by atoms with Gasteiger partial charge in [0, 0.05) is 19.2 Å². The van der Waals surface area contributed by atoms with Crippen LogP contribution in [0.4, 0.5) is 5.69 Å². The lowest BCUT2D eigenvalue weighted by Gasteiger charge is -2.23. The fourth-order valence-corrected chi connectivity index (χ4v) is 2.42. The van der Waals surface area contributed by atoms with E-state index < -0.39 is 0 Å². The van der Waals surface area contributed by atoms with Gasteiger partial charge >= 0.3 is 0 Å². The molecule has 0 N–H and O–H groups in total. The molecule has 1 saturated heterocycles. The van der Waals surface area contributed by atoms with Gasteiger partial charge in [0.25, 0.3) is 0 Å². The molecule has 0 amide bonds. The molecule has 3 nitrogen and oxygen atoms in total. The molecule has 2 rings (SSSR count). The molecule has 0 aliphatic carbocycles. The van der Waals surface area contributed by atoms with E-state index >= 15 is 0 Å². The first-order valence-electron chi connectivity index (χ1n) is 5.60. The lowest BCUT2D eigenvalue weighted by Crippen LogP contribution is -2.24. The Balaban J connectivity index is 2.19. The molecular weight excluding hydrogens is 245 g/mol. The van der Waals surface area contributed by atoms with Crippen LogP contribution in [0.5, 0.6) is 0 Å². The number of aromatic nitrogens is 2. The molecular formula is C11H15Cl2N3. The first-order valence-corrected chi connectivity index (χ1v) is 6.36. The summed E-state index contributed by atoms with van der Waals surface area (Å²) in [5.41, 5.74) is 0.913. The van der Waals surface area contributed by atoms with E-state index in [4.69, 9.17) is 23.2 Å². The first kappa shape index (κ1) is 11.9. The van der Waals surface area contributed by atoms with Crippen LogP contribution in [0.25, 0.3) is 0 Å². The zero-order valence-corrected chi connectivity index (χ0v) is 10.8. The summed E-state index contributed by atoms with van der Waals surface area (Å²) in [7, 11) is 0. The van der Waals surface area contributed by atoms with Gasteiger partial charge in [0.1, 0.15) is 0 Å². The number of hydrogen-bond donors (Lipinski definition) is 0. The largest absolute Gasteiger partial charge is 0.369 e. The van der Waals surface area contributed by atoms with Crippen LogP contribution in [-0.4, -0.2) is 23.3 Å². The number of halogens is 2. The Hall–Kier alpha value is -0.540. The fourth-order valence-electron chi connectivity index (χ4n) is 2.07. The molecule has 1 aromatic heterocycles. The Morgan fingerprint density at radius 1 is 1.25 bits per heavy atom. The third-order valence-corrected chi connectivity index (χ3v) is 3.51. The van der Waals surface area contributed by atoms with E-state index in [1.807, 2.05) is 0 Å². The molecule has 5 heteroatoms. The average molecular weight is 260 g/mol. The van der Waals surface area contributed by atoms with Gasteiger partial charge in [0.05, 0.1) is 5.69 Å². The highest BCUT2D eigenvalue weighted by Crippen LogP contribution is 2.28. The predicted molar refractivity (Wildman–Crippen MR) is 67.3 cm³/mol. The average Bonchev–Trinajstić information content (AvgIpc) is 2.47. The van der Waals surface area contributed by atoms with Crippen LogP contribution >= 0.6 is 23.2 Å². The Bertz CT molecular complexity index is 370. The molecule has 0 spiro atoms. The van der Waals surface area contributed by atoms with Gasteiger partial charge in [0.2, 0.25) is 0 Å². The summed E-state index contributed by atoms with van der Waals surface area (Å²) >= 11 is 11.9. The van der Waals surface area contributed by atoms with Crippen molar-refractivity contribution in [1.82, 2.24) is 10.2 Å². The maximum absolute atomic E-state index is 6.05. The monoisotopic (exact) mass is 259 g/mol. The van der Waals surface area contributed by atoms with E-state index in [9.17, 15) is 0 Å². The Morgan fingerprint density at radius 2 is 2.06 bits per heavy atom. The highest BCUT2D eigenvalue weighted by atomic mass is 35.5. The van der Waals surface area contributed by atoms with E-state index in [1.54, 1.807) is 6.07 Å². The zero-order valence-electron chi connectivity index (χ0n) is 9.29. The van der Waals surface area contributed by atoms with Crippen LogP contribution in [0.2, 0.25) is 10.3 Å². The lowest BCUT2D eigenvalue weighted by atomic mass is 10.0. The van der Waals surface area contributed by atoms with E-state index in [2.05, 4.69) is 22.0 Å². The van der Waals surface area contributed by atoms with Crippen molar-refractivity contribution in [2.75, 3.05) is 18.0 Å². The van der Waals surface area contributed by atoms with Crippen LogP contribution < -0.4 is 4.90 Å². The Labute approximate surface area is 106 Å². The van der Waals surface area contributed by atoms with E-state index in [0.29, 0.717) is 10.3 Å². The van der Waals surface area contributed by atoms with Gasteiger partial charge in [-0.3, -0.25) is 0 Å². The fraction of sp³-hybridized carbons (Fsp3) is 0.636. The maximum Gasteiger partial charge on any atom is 0.175 e. The van der Waals surface area contributed by atoms with Crippen LogP contribution in [0.1, 0.15) is 26.2 Å². The molecule has 1 aliphatic heterocycles. The van der Waals surface area contributed by atoms with Crippen molar-refractivity contribution in [3.63, 3.8) is 0 Å². The standard InChI is InChI=1S/C11H15Cl2N3/c1-8-3-2-5-16(6-4-8)9-7-10(12)14-15-11(9)13/h7-8H,2-6H2,1H3. The van der Waals surface area contributed by atoms with E-state index in [0.717, 1.165) is 24.7 Å². The summed E-state index contributed by atoms with van der Waals surface area (Å²) in [6.07, 6.45) is 3.66. The third-order valence-electron chi connectivity index (χ3n) is 3.06. The second-order valence-electron chi connectivity index (χ2n) is 4.37. The highest BCUT2D eigenvalue weighted by molar-refractivity contribution is 6.33. The third kappa shape index (κ3) is 2.77. The molecule has 1 fully saturated rings. The quantitative estimate of drug-likeness (QED) is 0.774. The van der Waals surface area contributed by atoms with E-state index in [1.165, 1.54) is 19.3 Å². The van der Waals surface area contributed by atoms with Gasteiger partial charge in [-0.15, -0.1) is 10.2 Å². The molecule has 1 aliphatic rings. The first-order chi connectivity index (χ1) is 7.66. The predicted octanol–water partition coefficient (Wildman–Crippen LogP) is 3.41. The number of nitrogens with zero attached hydrogens (tertiary/aromatic N) is 3. The summed E-state index contributed by atoms with van der Waals surface area (Å²) in [5.74, 6) is 0.786. The SMILES string of the molecule is CC1CCCN(c2cc(Cl)nnc2Cl)CC1. The van der Waals surface area contributed by atoms with Crippen LogP contribution in [0, 0.1) is 5.92 Å². The maximum atomic E-state index is 6.05. The molecule has 0 radical (unpaired) electrons. The van der Waals surface area contributed by atoms with Gasteiger partial charge in [-0.1, -0.05) is 30.1 Å². The zero-order chi connectivity index (χ0) is 11.5. The Morgan fingerprint density at radius 3 is 2.88 bits per heavy atom. The van der Waals surface area contributed by atoms with Crippen molar-refractivity contribution < 1.29 is 0 Å². The van der Waals surface area contributed by atoms with Gasteiger partial charge < -0.3 is 4.90 Å². The summed E-state index contributed by atoms with van der Waals surface area (Å²) in [5, 5.41) is 8.42. The minimum atomic E-state index is 0.400. The van der Waals surface area contributed by atoms with Gasteiger partial charge in [-0.25, -0.2) is 0 Å². The van der Waals surface area contributed by atoms with Gasteiger partial charge in [0.15, 0.2) is 10.3 Å². The molecule has 1 unspecified atom stereocenters. The van der Waals surface area contributed by atoms with Crippen molar-refractivity contribution in [2.45, 2.75) is 26.2 Å². The van der Waals surface area contributed by atoms with Crippen molar-refractivity contribution in [3.05, 3.63) is 16.4 Å². The number of anilines is 1. The summed E-state index contributed by atoms with van der Waals surface area (Å²) in [6.45, 7) is 4.33. The molecule has 0 bridgehead atoms. The molecule has 88 valence electrons. The van der Waals surface area contributed by atoms with Gasteiger partial charge in [-0.2, -0.15) is 0 Å². The molecule has 2 heterocycles. The summed E-state index contributed by atoms with van der Waals surface area (Å²) < 4.78 is 0. The van der Waals surface area contributed by atoms with Crippen molar-refractivity contribution in [2.24, 2.45) is 5.92 Å². The molecule has 0 aromatic carbocycles. The minimum Gasteiger partial charge on any atom is -0.369 e. The minimum absolute atomic E-state index is 0.400. The normalized spacial score (nSPS) is 21.9. The molecule has 16 heavy (non-hydrogen) atoms. The smallest absolute Gasteiger partial charge is 0.175 e. The second kappa shape index (κ2) is 5.19. The van der Waals surface area contributed by atoms with Crippen molar-refractivity contribution >= 4 is 28.9 Å². The number of hydrogen-bond acceptors (Lipinski definition) is 3. The van der Waals surface area contributed by atoms with Gasteiger partial charge in [-0.05, 0) is 25.2 Å². The summed E-state index contributed by atoms with van der Waals surface area (Å²) in [4.78, 5) is 2.26. The van der Waals surface area contributed by atoms with E-state index in [-0.39, 0.29) is 0 Å². The van der Waals surface area contributed by atoms with Crippen molar-refractivity contribution in [3.8, 4) is 0 Å². The Kier molecular flexibility index (Phi) is 3.87. The highest BCUT2D eigenvalue weighted by Gasteiger charge is 2.17. The van der Waals surface area contributed by atoms with Crippen molar-refractivity contribution in [1.29, 1.82) is 0 Å². The second-order valence-corrected chi connectivity index (χ2v) is 5.11. The lowest BCUT2D eigenvalue weighted by molar-refractivity contribution is 0.521. The summed E-state index contributed by atoms with van der Waals surface area (Å²) in [6, 6.07) is 1.80.